The molecule has 1 aromatic rings. The summed E-state index contributed by atoms with van der Waals surface area (Å²) in [6.07, 6.45) is 1.05. The number of benzene rings is 1. The molecule has 0 aliphatic carbocycles. The van der Waals surface area contributed by atoms with Crippen molar-refractivity contribution in [2.45, 2.75) is 0 Å². The van der Waals surface area contributed by atoms with Crippen molar-refractivity contribution in [3.63, 3.8) is 0 Å². The van der Waals surface area contributed by atoms with Crippen LogP contribution in [0.25, 0.3) is 6.08 Å². The van der Waals surface area contributed by atoms with E-state index in [0.29, 0.717) is 5.56 Å². The van der Waals surface area contributed by atoms with E-state index >= 15 is 0 Å². The number of rotatable bonds is 4. The average molecular weight is 278 g/mol. The molecule has 0 aliphatic rings. The molecule has 0 amide bonds. The zero-order chi connectivity index (χ0) is 13.1. The molecule has 1 aromatic carbocycles. The molecule has 7 heteroatoms. The second-order valence-electron chi connectivity index (χ2n) is 3.18. The Balaban J connectivity index is 0.00000289. The topological polar surface area (TPSA) is 91.7 Å². The van der Waals surface area contributed by atoms with Gasteiger partial charge >= 0.3 is 35.5 Å². The summed E-state index contributed by atoms with van der Waals surface area (Å²) in [7, 11) is -4.63. The molecule has 0 saturated heterocycles. The van der Waals surface area contributed by atoms with Crippen LogP contribution >= 0.6 is 0 Å². The molecule has 0 bridgehead atoms. The van der Waals surface area contributed by atoms with Crippen LogP contribution in [0.1, 0.15) is 5.56 Å². The van der Waals surface area contributed by atoms with Crippen molar-refractivity contribution in [2.75, 3.05) is 0 Å². The van der Waals surface area contributed by atoms with Crippen molar-refractivity contribution >= 4 is 51.7 Å². The molecule has 0 saturated carbocycles. The fraction of sp³-hybridized carbons (Fsp3) is 0. The average Bonchev–Trinajstić information content (AvgIpc) is 2.24. The number of carboxylic acids is 1. The molecule has 0 fully saturated rings. The summed E-state index contributed by atoms with van der Waals surface area (Å²) in [4.78, 5) is 9.94. The monoisotopic (exact) mass is 278 g/mol. The third-order valence-electron chi connectivity index (χ3n) is 1.93. The minimum absolute atomic E-state index is 0. The van der Waals surface area contributed by atoms with Gasteiger partial charge in [0.05, 0.1) is 5.57 Å². The van der Waals surface area contributed by atoms with E-state index in [-0.39, 0.29) is 29.6 Å². The summed E-state index contributed by atoms with van der Waals surface area (Å²) in [6, 6.07) is 8.16. The van der Waals surface area contributed by atoms with E-state index in [2.05, 4.69) is 6.58 Å². The van der Waals surface area contributed by atoms with Crippen LogP contribution in [0.2, 0.25) is 0 Å². The Morgan fingerprint density at radius 2 is 1.72 bits per heavy atom. The number of carboxylic acid groups (broad SMARTS) is 1. The summed E-state index contributed by atoms with van der Waals surface area (Å²) in [6.45, 7) is 3.11. The van der Waals surface area contributed by atoms with Crippen LogP contribution < -0.4 is 0 Å². The zero-order valence-electron chi connectivity index (χ0n) is 8.70. The molecule has 0 heterocycles. The second-order valence-corrected chi connectivity index (χ2v) is 4.57. The molecular weight excluding hydrogens is 267 g/mol. The van der Waals surface area contributed by atoms with E-state index in [9.17, 15) is 13.2 Å². The van der Waals surface area contributed by atoms with Gasteiger partial charge in [0.1, 0.15) is 4.91 Å². The second kappa shape index (κ2) is 6.86. The number of carbonyl (C=O) groups is 1. The van der Waals surface area contributed by atoms with Crippen LogP contribution in [0.4, 0.5) is 0 Å². The van der Waals surface area contributed by atoms with Gasteiger partial charge in [0.25, 0.3) is 10.1 Å². The molecule has 92 valence electrons. The first-order valence-corrected chi connectivity index (χ1v) is 5.93. The van der Waals surface area contributed by atoms with Crippen molar-refractivity contribution in [1.82, 2.24) is 0 Å². The number of hydrogen-bond donors (Lipinski definition) is 2. The van der Waals surface area contributed by atoms with Gasteiger partial charge in [-0.15, -0.1) is 0 Å². The summed E-state index contributed by atoms with van der Waals surface area (Å²) < 4.78 is 31.0. The van der Waals surface area contributed by atoms with Gasteiger partial charge in [-0.25, -0.2) is 4.79 Å². The normalized spacial score (nSPS) is 11.5. The Morgan fingerprint density at radius 3 is 2.11 bits per heavy atom. The van der Waals surface area contributed by atoms with E-state index in [4.69, 9.17) is 9.66 Å². The maximum atomic E-state index is 11.0. The Kier molecular flexibility index (Phi) is 6.51. The summed E-state index contributed by atoms with van der Waals surface area (Å²) >= 11 is 0. The maximum absolute atomic E-state index is 11.0. The molecule has 0 spiro atoms. The molecule has 0 aromatic heterocycles. The first kappa shape index (κ1) is 17.1. The third kappa shape index (κ3) is 4.75. The molecule has 0 radical (unpaired) electrons. The molecule has 1 rings (SSSR count). The Morgan fingerprint density at radius 1 is 1.22 bits per heavy atom. The third-order valence-corrected chi connectivity index (χ3v) is 2.85. The van der Waals surface area contributed by atoms with Crippen LogP contribution in [0.15, 0.2) is 47.4 Å². The predicted molar refractivity (Wildman–Crippen MR) is 69.9 cm³/mol. The van der Waals surface area contributed by atoms with Crippen molar-refractivity contribution in [2.24, 2.45) is 0 Å². The fourth-order valence-corrected chi connectivity index (χ4v) is 1.81. The van der Waals surface area contributed by atoms with Crippen molar-refractivity contribution < 1.29 is 22.9 Å². The van der Waals surface area contributed by atoms with E-state index in [1.54, 1.807) is 30.3 Å². The van der Waals surface area contributed by atoms with Crippen LogP contribution in [-0.4, -0.2) is 53.6 Å². The van der Waals surface area contributed by atoms with Gasteiger partial charge in [0, 0.05) is 0 Å². The van der Waals surface area contributed by atoms with Gasteiger partial charge in [0.15, 0.2) is 0 Å². The van der Waals surface area contributed by atoms with E-state index < -0.39 is 26.6 Å². The van der Waals surface area contributed by atoms with Gasteiger partial charge < -0.3 is 5.11 Å². The minimum atomic E-state index is -4.63. The molecule has 18 heavy (non-hydrogen) atoms. The van der Waals surface area contributed by atoms with Gasteiger partial charge in [-0.3, -0.25) is 4.55 Å². The quantitative estimate of drug-likeness (QED) is 0.369. The van der Waals surface area contributed by atoms with Crippen molar-refractivity contribution in [3.05, 3.63) is 53.0 Å². The van der Waals surface area contributed by atoms with Gasteiger partial charge in [-0.2, -0.15) is 8.42 Å². The van der Waals surface area contributed by atoms with Crippen molar-refractivity contribution in [3.8, 4) is 0 Å². The van der Waals surface area contributed by atoms with E-state index in [1.807, 2.05) is 0 Å². The van der Waals surface area contributed by atoms with Gasteiger partial charge in [-0.05, 0) is 11.6 Å². The number of aliphatic carboxylic acids is 1. The van der Waals surface area contributed by atoms with E-state index in [1.165, 1.54) is 0 Å². The standard InChI is InChI=1S/C11H10O5S.Na.H/c1-8(11(12)13)10(17(14,15)16)7-9-5-3-2-4-6-9;;/h2-7H,1H2,(H,12,13)(H,14,15,16);;. The molecule has 2 N–H and O–H groups in total. The van der Waals surface area contributed by atoms with Gasteiger partial charge in [0.2, 0.25) is 0 Å². The summed E-state index contributed by atoms with van der Waals surface area (Å²) in [5.41, 5.74) is -0.237. The van der Waals surface area contributed by atoms with E-state index in [0.717, 1.165) is 6.08 Å². The predicted octanol–water partition coefficient (Wildman–Crippen LogP) is 0.908. The Labute approximate surface area is 127 Å². The summed E-state index contributed by atoms with van der Waals surface area (Å²) in [5.74, 6) is -1.51. The molecule has 0 aliphatic heterocycles. The molecule has 5 nitrogen and oxygen atoms in total. The SMILES string of the molecule is C=C(C(=O)O)C(=Cc1ccccc1)S(=O)(=O)O.[NaH]. The molecular formula is C11H11NaO5S. The fourth-order valence-electron chi connectivity index (χ4n) is 1.12. The first-order valence-electron chi connectivity index (χ1n) is 4.49. The Hall–Kier alpha value is -0.920. The van der Waals surface area contributed by atoms with Crippen LogP contribution in [0.5, 0.6) is 0 Å². The van der Waals surface area contributed by atoms with Crippen LogP contribution in [0, 0.1) is 0 Å². The first-order chi connectivity index (χ1) is 7.82. The van der Waals surface area contributed by atoms with Crippen LogP contribution in [0.3, 0.4) is 0 Å². The zero-order valence-corrected chi connectivity index (χ0v) is 9.52. The molecule has 0 unspecified atom stereocenters. The number of hydrogen-bond acceptors (Lipinski definition) is 3. The Bertz CT molecular complexity index is 575. The summed E-state index contributed by atoms with van der Waals surface area (Å²) in [5, 5.41) is 8.68. The van der Waals surface area contributed by atoms with Crippen LogP contribution in [-0.2, 0) is 14.9 Å². The molecule has 0 atom stereocenters. The van der Waals surface area contributed by atoms with Crippen molar-refractivity contribution in [1.29, 1.82) is 0 Å². The van der Waals surface area contributed by atoms with Gasteiger partial charge in [-0.1, -0.05) is 36.9 Å².